The molecule has 2 aromatic rings. The Morgan fingerprint density at radius 2 is 2.09 bits per heavy atom. The Morgan fingerprint density at radius 3 is 2.74 bits per heavy atom. The first-order valence-corrected chi connectivity index (χ1v) is 7.92. The van der Waals surface area contributed by atoms with E-state index in [0.717, 1.165) is 17.3 Å². The maximum Gasteiger partial charge on any atom is 0.410 e. The molecular weight excluding hydrogens is 290 g/mol. The second-order valence-electron chi connectivity index (χ2n) is 6.95. The first kappa shape index (κ1) is 15.6. The second kappa shape index (κ2) is 5.72. The van der Waals surface area contributed by atoms with E-state index < -0.39 is 5.60 Å². The number of hydrogen-bond donors (Lipinski definition) is 0. The Balaban J connectivity index is 1.74. The van der Waals surface area contributed by atoms with Gasteiger partial charge in [0.15, 0.2) is 0 Å². The molecule has 1 aromatic carbocycles. The van der Waals surface area contributed by atoms with Crippen molar-refractivity contribution in [3.63, 3.8) is 0 Å². The van der Waals surface area contributed by atoms with Gasteiger partial charge in [0.2, 0.25) is 0 Å². The molecule has 0 radical (unpaired) electrons. The average Bonchev–Trinajstić information content (AvgIpc) is 2.87. The molecule has 122 valence electrons. The van der Waals surface area contributed by atoms with Gasteiger partial charge in [-0.2, -0.15) is 5.10 Å². The fourth-order valence-electron chi connectivity index (χ4n) is 2.79. The van der Waals surface area contributed by atoms with Crippen LogP contribution in [0.3, 0.4) is 0 Å². The lowest BCUT2D eigenvalue weighted by Crippen LogP contribution is -2.39. The van der Waals surface area contributed by atoms with E-state index in [-0.39, 0.29) is 6.09 Å². The zero-order chi connectivity index (χ0) is 16.6. The van der Waals surface area contributed by atoms with E-state index in [2.05, 4.69) is 29.4 Å². The molecule has 0 atom stereocenters. The van der Waals surface area contributed by atoms with Crippen LogP contribution in [0.4, 0.5) is 4.79 Å². The Morgan fingerprint density at radius 1 is 1.30 bits per heavy atom. The number of fused-ring (bicyclic) bond motifs is 1. The van der Waals surface area contributed by atoms with Crippen LogP contribution in [0.5, 0.6) is 0 Å². The lowest BCUT2D eigenvalue weighted by molar-refractivity contribution is 0.0270. The number of benzene rings is 1. The summed E-state index contributed by atoms with van der Waals surface area (Å²) in [6, 6.07) is 6.38. The fourth-order valence-corrected chi connectivity index (χ4v) is 2.79. The first-order valence-electron chi connectivity index (χ1n) is 7.92. The summed E-state index contributed by atoms with van der Waals surface area (Å²) in [7, 11) is 1.95. The van der Waals surface area contributed by atoms with Gasteiger partial charge in [-0.1, -0.05) is 12.1 Å². The summed E-state index contributed by atoms with van der Waals surface area (Å²) in [5.41, 5.74) is 3.15. The van der Waals surface area contributed by atoms with Crippen molar-refractivity contribution in [2.45, 2.75) is 32.8 Å². The molecule has 0 N–H and O–H groups in total. The van der Waals surface area contributed by atoms with Crippen LogP contribution in [0.1, 0.15) is 32.8 Å². The predicted molar refractivity (Wildman–Crippen MR) is 91.1 cm³/mol. The molecule has 2 heterocycles. The first-order chi connectivity index (χ1) is 10.8. The molecule has 0 fully saturated rings. The molecule has 3 rings (SSSR count). The predicted octanol–water partition coefficient (Wildman–Crippen LogP) is 3.60. The van der Waals surface area contributed by atoms with Crippen molar-refractivity contribution in [2.24, 2.45) is 7.05 Å². The lowest BCUT2D eigenvalue weighted by Gasteiger charge is -2.29. The monoisotopic (exact) mass is 313 g/mol. The van der Waals surface area contributed by atoms with E-state index in [9.17, 15) is 4.79 Å². The van der Waals surface area contributed by atoms with Crippen molar-refractivity contribution in [1.29, 1.82) is 0 Å². The van der Waals surface area contributed by atoms with E-state index in [1.807, 2.05) is 38.7 Å². The highest BCUT2D eigenvalue weighted by atomic mass is 16.6. The van der Waals surface area contributed by atoms with Gasteiger partial charge in [-0.3, -0.25) is 4.68 Å². The second-order valence-corrected chi connectivity index (χ2v) is 6.95. The van der Waals surface area contributed by atoms with Crippen molar-refractivity contribution < 1.29 is 9.53 Å². The molecular formula is C18H23N3O2. The standard InChI is InChI=1S/C18H23N3O2/c1-18(2,3)23-17(22)21-9-7-13(8-10-21)14-5-6-16-15(11-14)12-19-20(16)4/h5-7,11-12H,8-10H2,1-4H3. The number of rotatable bonds is 1. The molecule has 1 aromatic heterocycles. The average molecular weight is 313 g/mol. The van der Waals surface area contributed by atoms with Gasteiger partial charge in [-0.05, 0) is 50.5 Å². The number of ether oxygens (including phenoxy) is 1. The molecule has 5 heteroatoms. The smallest absolute Gasteiger partial charge is 0.410 e. The van der Waals surface area contributed by atoms with E-state index in [1.165, 1.54) is 11.1 Å². The zero-order valence-electron chi connectivity index (χ0n) is 14.2. The topological polar surface area (TPSA) is 47.4 Å². The number of aryl methyl sites for hydroxylation is 1. The lowest BCUT2D eigenvalue weighted by atomic mass is 9.98. The molecule has 1 aliphatic rings. The molecule has 0 bridgehead atoms. The Hall–Kier alpha value is -2.30. The van der Waals surface area contributed by atoms with Crippen LogP contribution in [-0.2, 0) is 11.8 Å². The Bertz CT molecular complexity index is 768. The van der Waals surface area contributed by atoms with Gasteiger partial charge in [0, 0.05) is 25.5 Å². The SMILES string of the molecule is Cn1ncc2cc(C3=CCN(C(=O)OC(C)(C)C)CC3)ccc21. The fraction of sp³-hybridized carbons (Fsp3) is 0.444. The minimum absolute atomic E-state index is 0.240. The van der Waals surface area contributed by atoms with Crippen molar-refractivity contribution in [2.75, 3.05) is 13.1 Å². The highest BCUT2D eigenvalue weighted by Gasteiger charge is 2.23. The molecule has 0 saturated heterocycles. The van der Waals surface area contributed by atoms with Gasteiger partial charge in [-0.15, -0.1) is 0 Å². The maximum absolute atomic E-state index is 12.1. The van der Waals surface area contributed by atoms with Crippen LogP contribution in [-0.4, -0.2) is 39.5 Å². The molecule has 0 unspecified atom stereocenters. The summed E-state index contributed by atoms with van der Waals surface area (Å²) in [5.74, 6) is 0. The molecule has 0 aliphatic carbocycles. The number of hydrogen-bond acceptors (Lipinski definition) is 3. The molecule has 5 nitrogen and oxygen atoms in total. The van der Waals surface area contributed by atoms with E-state index in [0.29, 0.717) is 13.1 Å². The quantitative estimate of drug-likeness (QED) is 0.808. The minimum Gasteiger partial charge on any atom is -0.444 e. The minimum atomic E-state index is -0.452. The zero-order valence-corrected chi connectivity index (χ0v) is 14.2. The summed E-state index contributed by atoms with van der Waals surface area (Å²) in [6.07, 6.45) is 4.60. The molecule has 1 amide bonds. The summed E-state index contributed by atoms with van der Waals surface area (Å²) < 4.78 is 7.30. The van der Waals surface area contributed by atoms with E-state index >= 15 is 0 Å². The number of aromatic nitrogens is 2. The van der Waals surface area contributed by atoms with Crippen LogP contribution in [0.15, 0.2) is 30.5 Å². The Kier molecular flexibility index (Phi) is 3.88. The van der Waals surface area contributed by atoms with Crippen molar-refractivity contribution in [1.82, 2.24) is 14.7 Å². The number of carbonyl (C=O) groups is 1. The summed E-state index contributed by atoms with van der Waals surface area (Å²) in [6.45, 7) is 6.94. The molecule has 1 aliphatic heterocycles. The third-order valence-corrected chi connectivity index (χ3v) is 3.98. The third kappa shape index (κ3) is 3.38. The number of carbonyl (C=O) groups excluding carboxylic acids is 1. The normalized spacial score (nSPS) is 15.7. The van der Waals surface area contributed by atoms with Gasteiger partial charge in [0.05, 0.1) is 11.7 Å². The van der Waals surface area contributed by atoms with Crippen LogP contribution < -0.4 is 0 Å². The summed E-state index contributed by atoms with van der Waals surface area (Å²) >= 11 is 0. The van der Waals surface area contributed by atoms with Crippen LogP contribution in [0, 0.1) is 0 Å². The molecule has 23 heavy (non-hydrogen) atoms. The third-order valence-electron chi connectivity index (χ3n) is 3.98. The number of nitrogens with zero attached hydrogens (tertiary/aromatic N) is 3. The Labute approximate surface area is 136 Å². The van der Waals surface area contributed by atoms with Gasteiger partial charge in [0.25, 0.3) is 0 Å². The van der Waals surface area contributed by atoms with E-state index in [4.69, 9.17) is 4.74 Å². The van der Waals surface area contributed by atoms with Crippen molar-refractivity contribution in [3.05, 3.63) is 36.0 Å². The number of amides is 1. The van der Waals surface area contributed by atoms with Gasteiger partial charge < -0.3 is 9.64 Å². The van der Waals surface area contributed by atoms with Gasteiger partial charge >= 0.3 is 6.09 Å². The van der Waals surface area contributed by atoms with Gasteiger partial charge in [-0.25, -0.2) is 4.79 Å². The van der Waals surface area contributed by atoms with Crippen molar-refractivity contribution in [3.8, 4) is 0 Å². The summed E-state index contributed by atoms with van der Waals surface area (Å²) in [5, 5.41) is 5.42. The summed E-state index contributed by atoms with van der Waals surface area (Å²) in [4.78, 5) is 13.8. The van der Waals surface area contributed by atoms with Gasteiger partial charge in [0.1, 0.15) is 5.60 Å². The van der Waals surface area contributed by atoms with Crippen molar-refractivity contribution >= 4 is 22.6 Å². The highest BCUT2D eigenvalue weighted by Crippen LogP contribution is 2.26. The molecule has 0 saturated carbocycles. The van der Waals surface area contributed by atoms with E-state index in [1.54, 1.807) is 4.90 Å². The maximum atomic E-state index is 12.1. The van der Waals surface area contributed by atoms with Crippen LogP contribution >= 0.6 is 0 Å². The molecule has 0 spiro atoms. The highest BCUT2D eigenvalue weighted by molar-refractivity contribution is 5.84. The van der Waals surface area contributed by atoms with Crippen LogP contribution in [0.25, 0.3) is 16.5 Å². The van der Waals surface area contributed by atoms with Crippen LogP contribution in [0.2, 0.25) is 0 Å². The largest absolute Gasteiger partial charge is 0.444 e.